The van der Waals surface area contributed by atoms with Crippen molar-refractivity contribution in [2.24, 2.45) is 0 Å². The van der Waals surface area contributed by atoms with Crippen LogP contribution in [0.15, 0.2) is 37.5 Å². The summed E-state index contributed by atoms with van der Waals surface area (Å²) in [6, 6.07) is 0. The fourth-order valence-electron chi connectivity index (χ4n) is 1.05. The van der Waals surface area contributed by atoms with Crippen molar-refractivity contribution < 1.29 is 4.74 Å². The Bertz CT molecular complexity index is 243. The highest BCUT2D eigenvalue weighted by Gasteiger charge is 1.93. The molecular formula is C14H23NOS. The molecule has 0 aromatic heterocycles. The van der Waals surface area contributed by atoms with Gasteiger partial charge in [0.2, 0.25) is 0 Å². The second-order valence-electron chi connectivity index (χ2n) is 3.12. The van der Waals surface area contributed by atoms with E-state index >= 15 is 0 Å². The maximum atomic E-state index is 8.30. The Balaban J connectivity index is 0. The number of unbranched alkanes of at least 4 members (excludes halogenated alkanes) is 2. The normalized spacial score (nSPS) is 10.0. The summed E-state index contributed by atoms with van der Waals surface area (Å²) in [4.78, 5) is 0. The van der Waals surface area contributed by atoms with Crippen LogP contribution in [0.3, 0.4) is 0 Å². The number of thiocyanates is 1. The fraction of sp³-hybridized carbons (Fsp3) is 0.500. The zero-order valence-electron chi connectivity index (χ0n) is 10.8. The minimum absolute atomic E-state index is 0.660. The Morgan fingerprint density at radius 1 is 1.35 bits per heavy atom. The highest BCUT2D eigenvalue weighted by molar-refractivity contribution is 8.03. The van der Waals surface area contributed by atoms with Crippen molar-refractivity contribution in [3.63, 3.8) is 0 Å². The highest BCUT2D eigenvalue weighted by atomic mass is 32.2. The lowest BCUT2D eigenvalue weighted by Gasteiger charge is -2.04. The number of hydrogen-bond donors (Lipinski definition) is 0. The van der Waals surface area contributed by atoms with Gasteiger partial charge in [0.1, 0.15) is 5.40 Å². The third-order valence-corrected chi connectivity index (χ3v) is 2.62. The van der Waals surface area contributed by atoms with Crippen molar-refractivity contribution in [1.82, 2.24) is 0 Å². The maximum absolute atomic E-state index is 8.30. The van der Waals surface area contributed by atoms with Crippen LogP contribution in [0, 0.1) is 10.7 Å². The molecule has 0 rings (SSSR count). The van der Waals surface area contributed by atoms with Gasteiger partial charge in [0.15, 0.2) is 0 Å². The van der Waals surface area contributed by atoms with Gasteiger partial charge in [0, 0.05) is 12.4 Å². The molecule has 0 aromatic carbocycles. The quantitative estimate of drug-likeness (QED) is 0.265. The lowest BCUT2D eigenvalue weighted by Crippen LogP contribution is -1.98. The molecule has 0 aliphatic carbocycles. The van der Waals surface area contributed by atoms with Crippen LogP contribution >= 0.6 is 11.8 Å². The monoisotopic (exact) mass is 253 g/mol. The van der Waals surface area contributed by atoms with Crippen molar-refractivity contribution in [1.29, 1.82) is 5.26 Å². The number of nitriles is 1. The highest BCUT2D eigenvalue weighted by Crippen LogP contribution is 2.04. The van der Waals surface area contributed by atoms with Gasteiger partial charge >= 0.3 is 0 Å². The summed E-state index contributed by atoms with van der Waals surface area (Å²) in [5.41, 5.74) is 1.13. The van der Waals surface area contributed by atoms with Crippen LogP contribution in [0.25, 0.3) is 0 Å². The Hall–Kier alpha value is -0.980. The third kappa shape index (κ3) is 15.0. The summed E-state index contributed by atoms with van der Waals surface area (Å²) in [5.74, 6) is 0.934. The lowest BCUT2D eigenvalue weighted by molar-refractivity contribution is 0.153. The zero-order valence-corrected chi connectivity index (χ0v) is 11.6. The van der Waals surface area contributed by atoms with Gasteiger partial charge in [-0.2, -0.15) is 5.26 Å². The molecule has 0 bridgehead atoms. The molecule has 0 saturated heterocycles. The molecule has 0 aliphatic heterocycles. The van der Waals surface area contributed by atoms with Gasteiger partial charge in [0.05, 0.1) is 6.61 Å². The first kappa shape index (κ1) is 18.4. The minimum Gasteiger partial charge on any atom is -0.377 e. The van der Waals surface area contributed by atoms with Crippen LogP contribution in [0.5, 0.6) is 0 Å². The predicted octanol–water partition coefficient (Wildman–Crippen LogP) is 4.32. The molecule has 0 aliphatic rings. The molecule has 17 heavy (non-hydrogen) atoms. The Kier molecular flexibility index (Phi) is 18.8. The van der Waals surface area contributed by atoms with Crippen molar-refractivity contribution in [2.75, 3.05) is 19.0 Å². The molecule has 0 amide bonds. The summed E-state index contributed by atoms with van der Waals surface area (Å²) in [7, 11) is 0. The van der Waals surface area contributed by atoms with E-state index in [-0.39, 0.29) is 0 Å². The SMILES string of the molecule is C=C.C=C/C(=C\C)COCCCCCSC#N. The molecule has 3 heteroatoms. The van der Waals surface area contributed by atoms with Gasteiger partial charge in [-0.25, -0.2) is 0 Å². The molecule has 0 spiro atoms. The van der Waals surface area contributed by atoms with E-state index in [4.69, 9.17) is 10.00 Å². The summed E-state index contributed by atoms with van der Waals surface area (Å²) in [6.07, 6.45) is 7.13. The molecule has 0 unspecified atom stereocenters. The van der Waals surface area contributed by atoms with Gasteiger partial charge in [-0.05, 0) is 37.1 Å². The van der Waals surface area contributed by atoms with Crippen molar-refractivity contribution >= 4 is 11.8 Å². The largest absolute Gasteiger partial charge is 0.377 e. The second kappa shape index (κ2) is 17.4. The predicted molar refractivity (Wildman–Crippen MR) is 77.9 cm³/mol. The van der Waals surface area contributed by atoms with Gasteiger partial charge in [-0.3, -0.25) is 0 Å². The molecule has 0 radical (unpaired) electrons. The van der Waals surface area contributed by atoms with Crippen molar-refractivity contribution in [3.8, 4) is 5.40 Å². The molecule has 0 aromatic rings. The van der Waals surface area contributed by atoms with Crippen molar-refractivity contribution in [2.45, 2.75) is 26.2 Å². The van der Waals surface area contributed by atoms with Crippen LogP contribution in [0.4, 0.5) is 0 Å². The van der Waals surface area contributed by atoms with Crippen LogP contribution in [0.1, 0.15) is 26.2 Å². The molecule has 2 nitrogen and oxygen atoms in total. The van der Waals surface area contributed by atoms with Gasteiger partial charge < -0.3 is 4.74 Å². The second-order valence-corrected chi connectivity index (χ2v) is 4.00. The molecule has 0 atom stereocenters. The topological polar surface area (TPSA) is 33.0 Å². The molecule has 0 heterocycles. The van der Waals surface area contributed by atoms with E-state index < -0.39 is 0 Å². The van der Waals surface area contributed by atoms with Gasteiger partial charge in [-0.1, -0.05) is 25.2 Å². The van der Waals surface area contributed by atoms with E-state index in [1.165, 1.54) is 11.8 Å². The van der Waals surface area contributed by atoms with E-state index in [0.717, 1.165) is 37.2 Å². The number of thioether (sulfide) groups is 1. The summed E-state index contributed by atoms with van der Waals surface area (Å²) < 4.78 is 5.47. The number of allylic oxidation sites excluding steroid dienone is 1. The average Bonchev–Trinajstić information content (AvgIpc) is 2.39. The number of nitrogens with zero attached hydrogens (tertiary/aromatic N) is 1. The number of hydrogen-bond acceptors (Lipinski definition) is 3. The van der Waals surface area contributed by atoms with E-state index in [9.17, 15) is 0 Å². The Morgan fingerprint density at radius 3 is 2.59 bits per heavy atom. The van der Waals surface area contributed by atoms with E-state index in [2.05, 4.69) is 25.1 Å². The Morgan fingerprint density at radius 2 is 2.06 bits per heavy atom. The molecule has 0 saturated carbocycles. The van der Waals surface area contributed by atoms with Crippen LogP contribution in [-0.4, -0.2) is 19.0 Å². The van der Waals surface area contributed by atoms with E-state index in [0.29, 0.717) is 6.61 Å². The molecule has 96 valence electrons. The smallest absolute Gasteiger partial charge is 0.133 e. The van der Waals surface area contributed by atoms with Crippen LogP contribution in [-0.2, 0) is 4.74 Å². The number of ether oxygens (including phenoxy) is 1. The lowest BCUT2D eigenvalue weighted by atomic mass is 10.2. The standard InChI is InChI=1S/C12H19NOS.C2H4/c1-3-12(4-2)10-14-8-6-5-7-9-15-11-13;1-2/h3-4H,1,5-10H2,2H3;1-2H2/b12-4+;. The summed E-state index contributed by atoms with van der Waals surface area (Å²) in [5, 5.41) is 10.4. The molecule has 0 fully saturated rings. The van der Waals surface area contributed by atoms with E-state index in [1.807, 2.05) is 19.1 Å². The molecular weight excluding hydrogens is 230 g/mol. The maximum Gasteiger partial charge on any atom is 0.133 e. The van der Waals surface area contributed by atoms with E-state index in [1.54, 1.807) is 0 Å². The summed E-state index contributed by atoms with van der Waals surface area (Å²) in [6.45, 7) is 13.1. The first-order valence-electron chi connectivity index (χ1n) is 5.71. The third-order valence-electron chi connectivity index (χ3n) is 2.00. The first-order valence-corrected chi connectivity index (χ1v) is 6.70. The zero-order chi connectivity index (χ0) is 13.4. The first-order chi connectivity index (χ1) is 8.35. The average molecular weight is 253 g/mol. The van der Waals surface area contributed by atoms with Gasteiger partial charge in [0.25, 0.3) is 0 Å². The van der Waals surface area contributed by atoms with Crippen LogP contribution < -0.4 is 0 Å². The fourth-order valence-corrected chi connectivity index (χ4v) is 1.49. The summed E-state index contributed by atoms with van der Waals surface area (Å²) >= 11 is 1.33. The van der Waals surface area contributed by atoms with Gasteiger partial charge in [-0.15, -0.1) is 13.2 Å². The van der Waals surface area contributed by atoms with Crippen LogP contribution in [0.2, 0.25) is 0 Å². The minimum atomic E-state index is 0.660. The molecule has 0 N–H and O–H groups in total. The Labute approximate surface area is 110 Å². The van der Waals surface area contributed by atoms with Crippen molar-refractivity contribution in [3.05, 3.63) is 37.5 Å². The number of rotatable bonds is 9.